The first-order valence-corrected chi connectivity index (χ1v) is 10.9. The van der Waals surface area contributed by atoms with E-state index in [4.69, 9.17) is 9.47 Å². The summed E-state index contributed by atoms with van der Waals surface area (Å²) in [7, 11) is 1.94. The third-order valence-electron chi connectivity index (χ3n) is 6.16. The van der Waals surface area contributed by atoms with E-state index >= 15 is 0 Å². The Kier molecular flexibility index (Phi) is 6.27. The van der Waals surface area contributed by atoms with Crippen LogP contribution in [0.5, 0.6) is 5.88 Å². The molecule has 0 fully saturated rings. The Bertz CT molecular complexity index is 1310. The number of rotatable bonds is 7. The monoisotopic (exact) mass is 468 g/mol. The van der Waals surface area contributed by atoms with Crippen molar-refractivity contribution in [3.63, 3.8) is 0 Å². The van der Waals surface area contributed by atoms with Gasteiger partial charge in [0.15, 0.2) is 6.61 Å². The van der Waals surface area contributed by atoms with E-state index in [-0.39, 0.29) is 5.88 Å². The van der Waals surface area contributed by atoms with Crippen LogP contribution in [0.2, 0.25) is 0 Å². The van der Waals surface area contributed by atoms with E-state index < -0.39 is 18.6 Å². The Labute approximate surface area is 196 Å². The fraction of sp³-hybridized carbons (Fsp3) is 0.308. The summed E-state index contributed by atoms with van der Waals surface area (Å²) in [4.78, 5) is 7.30. The molecular formula is C26H28F2N3O3+. The van der Waals surface area contributed by atoms with Crippen LogP contribution in [0.25, 0.3) is 16.6 Å². The van der Waals surface area contributed by atoms with Crippen LogP contribution < -0.4 is 9.30 Å². The molecule has 3 aromatic rings. The van der Waals surface area contributed by atoms with E-state index in [2.05, 4.69) is 30.4 Å². The quantitative estimate of drug-likeness (QED) is 0.387. The lowest BCUT2D eigenvalue weighted by molar-refractivity contribution is -0.646. The second kappa shape index (κ2) is 9.02. The molecule has 0 aliphatic carbocycles. The van der Waals surface area contributed by atoms with Crippen molar-refractivity contribution >= 4 is 16.6 Å². The summed E-state index contributed by atoms with van der Waals surface area (Å²) in [6, 6.07) is 5.11. The molecule has 1 atom stereocenters. The zero-order chi connectivity index (χ0) is 24.6. The highest BCUT2D eigenvalue weighted by molar-refractivity contribution is 5.87. The number of aliphatic hydroxyl groups excluding tert-OH is 1. The highest BCUT2D eigenvalue weighted by atomic mass is 19.3. The summed E-state index contributed by atoms with van der Waals surface area (Å²) in [5.41, 5.74) is 6.43. The van der Waals surface area contributed by atoms with Gasteiger partial charge in [-0.3, -0.25) is 0 Å². The normalized spacial score (nSPS) is 15.5. The number of aliphatic hydroxyl groups is 1. The molecule has 34 heavy (non-hydrogen) atoms. The van der Waals surface area contributed by atoms with E-state index in [9.17, 15) is 13.9 Å². The molecule has 4 heterocycles. The Morgan fingerprint density at radius 3 is 2.79 bits per heavy atom. The predicted octanol–water partition coefficient (Wildman–Crippen LogP) is 4.77. The molecule has 6 nitrogen and oxygen atoms in total. The van der Waals surface area contributed by atoms with Gasteiger partial charge in [0.2, 0.25) is 5.88 Å². The van der Waals surface area contributed by atoms with Crippen LogP contribution in [0, 0.1) is 0 Å². The maximum Gasteiger partial charge on any atom is 0.299 e. The molecule has 1 aliphatic heterocycles. The van der Waals surface area contributed by atoms with Gasteiger partial charge in [0, 0.05) is 34.5 Å². The van der Waals surface area contributed by atoms with Gasteiger partial charge in [-0.05, 0) is 50.1 Å². The molecular weight excluding hydrogens is 440 g/mol. The smallest absolute Gasteiger partial charge is 0.299 e. The van der Waals surface area contributed by atoms with E-state index in [0.29, 0.717) is 23.8 Å². The van der Waals surface area contributed by atoms with Gasteiger partial charge >= 0.3 is 0 Å². The van der Waals surface area contributed by atoms with E-state index in [1.165, 1.54) is 23.4 Å². The maximum absolute atomic E-state index is 13.3. The molecule has 1 aliphatic rings. The summed E-state index contributed by atoms with van der Waals surface area (Å²) >= 11 is 0. The largest absolute Gasteiger partial charge is 0.493 e. The van der Waals surface area contributed by atoms with Gasteiger partial charge in [-0.25, -0.2) is 14.5 Å². The topological polar surface area (TPSA) is 71.2 Å². The first-order chi connectivity index (χ1) is 16.1. The number of ether oxygens (including phenoxy) is 2. The van der Waals surface area contributed by atoms with Gasteiger partial charge < -0.3 is 14.6 Å². The third kappa shape index (κ3) is 4.46. The number of nitrogens with one attached hydrogen (secondary N) is 1. The van der Waals surface area contributed by atoms with Crippen LogP contribution in [-0.4, -0.2) is 34.2 Å². The number of alkyl halides is 2. The Hall–Kier alpha value is -3.52. The van der Waals surface area contributed by atoms with Crippen LogP contribution >= 0.6 is 0 Å². The number of allylic oxidation sites excluding steroid dienone is 3. The van der Waals surface area contributed by atoms with Gasteiger partial charge in [0.05, 0.1) is 24.8 Å². The summed E-state index contributed by atoms with van der Waals surface area (Å²) in [5.74, 6) is -2.23. The predicted molar refractivity (Wildman–Crippen MR) is 125 cm³/mol. The number of aromatic amines is 1. The van der Waals surface area contributed by atoms with Crippen molar-refractivity contribution in [1.29, 1.82) is 0 Å². The van der Waals surface area contributed by atoms with Gasteiger partial charge in [0.25, 0.3) is 11.6 Å². The zero-order valence-electron chi connectivity index (χ0n) is 19.7. The fourth-order valence-corrected chi connectivity index (χ4v) is 4.05. The molecule has 0 saturated heterocycles. The third-order valence-corrected chi connectivity index (χ3v) is 6.16. The van der Waals surface area contributed by atoms with Gasteiger partial charge in [-0.15, -0.1) is 0 Å². The number of fused-ring (bicyclic) bond motifs is 1. The van der Waals surface area contributed by atoms with Crippen LogP contribution in [0.4, 0.5) is 8.78 Å². The molecule has 4 rings (SSSR count). The number of pyridine rings is 2. The number of aryl methyl sites for hydroxylation is 1. The highest BCUT2D eigenvalue weighted by Gasteiger charge is 2.26. The number of H-pyrrole nitrogens is 1. The van der Waals surface area contributed by atoms with Crippen molar-refractivity contribution in [2.45, 2.75) is 32.8 Å². The molecule has 178 valence electrons. The van der Waals surface area contributed by atoms with E-state index in [1.54, 1.807) is 12.3 Å². The number of halogens is 2. The number of aromatic nitrogens is 3. The number of nitrogens with zero attached hydrogens (tertiary/aromatic N) is 2. The Morgan fingerprint density at radius 2 is 2.12 bits per heavy atom. The summed E-state index contributed by atoms with van der Waals surface area (Å²) in [5, 5.41) is 12.0. The standard InChI is InChI=1S/C26H27F2N3O3/c1-6-26(27,28)14-34-22-8-7-18(10-29-22)24(32)21-11-30-25-20(21)9-19(12-31(25)5)23-16(3)15(2)13-33-17(23)4/h6-12,24,32H,1,13-14H2,2-5H3/p+1. The van der Waals surface area contributed by atoms with Crippen molar-refractivity contribution in [3.8, 4) is 5.88 Å². The van der Waals surface area contributed by atoms with Gasteiger partial charge in [-0.2, -0.15) is 8.78 Å². The Balaban J connectivity index is 1.67. The summed E-state index contributed by atoms with van der Waals surface area (Å²) in [6.45, 7) is 8.94. The molecule has 1 unspecified atom stereocenters. The Morgan fingerprint density at radius 1 is 1.35 bits per heavy atom. The van der Waals surface area contributed by atoms with Crippen molar-refractivity contribution in [2.75, 3.05) is 13.2 Å². The summed E-state index contributed by atoms with van der Waals surface area (Å²) < 4.78 is 39.5. The van der Waals surface area contributed by atoms with E-state index in [1.807, 2.05) is 30.8 Å². The van der Waals surface area contributed by atoms with Crippen LogP contribution in [0.15, 0.2) is 66.3 Å². The minimum atomic E-state index is -3.14. The second-order valence-electron chi connectivity index (χ2n) is 8.56. The average Bonchev–Trinajstić information content (AvgIpc) is 3.25. The van der Waals surface area contributed by atoms with Crippen LogP contribution in [0.1, 0.15) is 43.6 Å². The van der Waals surface area contributed by atoms with Gasteiger partial charge in [-0.1, -0.05) is 6.58 Å². The number of hydrogen-bond acceptors (Lipinski definition) is 4. The highest BCUT2D eigenvalue weighted by Crippen LogP contribution is 2.35. The van der Waals surface area contributed by atoms with Crippen molar-refractivity contribution < 1.29 is 27.9 Å². The molecule has 8 heteroatoms. The van der Waals surface area contributed by atoms with Gasteiger partial charge in [0.1, 0.15) is 18.5 Å². The molecule has 0 bridgehead atoms. The molecule has 3 aromatic heterocycles. The minimum Gasteiger partial charge on any atom is -0.493 e. The zero-order valence-corrected chi connectivity index (χ0v) is 19.7. The molecule has 0 saturated carbocycles. The van der Waals surface area contributed by atoms with Crippen LogP contribution in [-0.2, 0) is 11.8 Å². The number of hydrogen-bond donors (Lipinski definition) is 2. The van der Waals surface area contributed by atoms with Crippen LogP contribution in [0.3, 0.4) is 0 Å². The van der Waals surface area contributed by atoms with Crippen molar-refractivity contribution in [3.05, 3.63) is 83.0 Å². The fourth-order valence-electron chi connectivity index (χ4n) is 4.05. The first kappa shape index (κ1) is 23.6. The molecule has 0 spiro atoms. The van der Waals surface area contributed by atoms with Crippen molar-refractivity contribution in [2.24, 2.45) is 7.05 Å². The van der Waals surface area contributed by atoms with Crippen molar-refractivity contribution in [1.82, 2.24) is 9.97 Å². The summed E-state index contributed by atoms with van der Waals surface area (Å²) in [6.07, 6.45) is 4.78. The van der Waals surface area contributed by atoms with E-state index in [0.717, 1.165) is 27.9 Å². The SMILES string of the molecule is C=CC(F)(F)COc1ccc(C(O)c2c[nH]c3c2cc(C2=C(C)OCC(C)=C2C)c[n+]3C)cn1. The molecule has 0 aromatic carbocycles. The maximum atomic E-state index is 13.3. The lowest BCUT2D eigenvalue weighted by Crippen LogP contribution is -2.29. The average molecular weight is 469 g/mol. The molecule has 0 amide bonds. The first-order valence-electron chi connectivity index (χ1n) is 10.9. The molecule has 2 N–H and O–H groups in total. The second-order valence-corrected chi connectivity index (χ2v) is 8.56. The molecule has 0 radical (unpaired) electrons. The lowest BCUT2D eigenvalue weighted by Gasteiger charge is -2.22. The minimum absolute atomic E-state index is 0.0439. The lowest BCUT2D eigenvalue weighted by atomic mass is 9.93.